The van der Waals surface area contributed by atoms with Gasteiger partial charge in [-0.3, -0.25) is 9.69 Å². The van der Waals surface area contributed by atoms with Gasteiger partial charge in [0.1, 0.15) is 0 Å². The number of carbonyl (C=O) groups excluding carboxylic acids is 1. The summed E-state index contributed by atoms with van der Waals surface area (Å²) < 4.78 is 0.854. The molecule has 0 aliphatic rings. The highest BCUT2D eigenvalue weighted by molar-refractivity contribution is 5.86. The molecule has 129 valence electrons. The maximum atomic E-state index is 12.4. The van der Waals surface area contributed by atoms with Crippen LogP contribution in [0.2, 0.25) is 0 Å². The molecule has 0 atom stereocenters. The fourth-order valence-electron chi connectivity index (χ4n) is 2.93. The number of nitrogens with one attached hydrogen (secondary N) is 1. The van der Waals surface area contributed by atoms with Crippen LogP contribution in [-0.2, 0) is 6.54 Å². The third kappa shape index (κ3) is 3.34. The first-order chi connectivity index (χ1) is 12.0. The molecule has 0 bridgehead atoms. The van der Waals surface area contributed by atoms with E-state index < -0.39 is 11.6 Å². The van der Waals surface area contributed by atoms with E-state index in [0.29, 0.717) is 11.3 Å². The molecule has 0 aliphatic carbocycles. The molecule has 0 spiro atoms. The van der Waals surface area contributed by atoms with Gasteiger partial charge in [-0.25, -0.2) is 9.36 Å². The van der Waals surface area contributed by atoms with Crippen molar-refractivity contribution in [1.29, 1.82) is 0 Å². The number of amides is 1. The second-order valence-electron chi connectivity index (χ2n) is 5.93. The highest BCUT2D eigenvalue weighted by Gasteiger charge is 2.12. The van der Waals surface area contributed by atoms with E-state index in [1.165, 1.54) is 11.8 Å². The Labute approximate surface area is 145 Å². The number of hydrogen-bond donors (Lipinski definition) is 2. The normalized spacial score (nSPS) is 11.3. The number of aromatic amines is 1. The molecule has 3 aromatic rings. The Kier molecular flexibility index (Phi) is 4.72. The van der Waals surface area contributed by atoms with Gasteiger partial charge in [0.05, 0.1) is 11.3 Å². The summed E-state index contributed by atoms with van der Waals surface area (Å²) in [7, 11) is 0. The Balaban J connectivity index is 2.01. The third-order valence-electron chi connectivity index (χ3n) is 4.39. The van der Waals surface area contributed by atoms with Crippen molar-refractivity contribution in [3.63, 3.8) is 0 Å². The molecule has 6 nitrogen and oxygen atoms in total. The number of fused-ring (bicyclic) bond motifs is 1. The minimum atomic E-state index is -0.819. The Morgan fingerprint density at radius 2 is 2.04 bits per heavy atom. The SMILES string of the molecule is CCN(CC)Cc1ccc2[nH]c(-c3c[c]cn(C(N)=O)c3=O)cc2c1. The van der Waals surface area contributed by atoms with Crippen LogP contribution in [-0.4, -0.2) is 33.6 Å². The van der Waals surface area contributed by atoms with Crippen molar-refractivity contribution in [2.24, 2.45) is 5.73 Å². The zero-order valence-electron chi connectivity index (χ0n) is 14.4. The van der Waals surface area contributed by atoms with Gasteiger partial charge in [0.2, 0.25) is 0 Å². The average molecular weight is 337 g/mol. The summed E-state index contributed by atoms with van der Waals surface area (Å²) in [5.74, 6) is 0. The fraction of sp³-hybridized carbons (Fsp3) is 0.263. The van der Waals surface area contributed by atoms with Gasteiger partial charge < -0.3 is 10.7 Å². The van der Waals surface area contributed by atoms with Gasteiger partial charge in [0.15, 0.2) is 0 Å². The summed E-state index contributed by atoms with van der Waals surface area (Å²) in [6, 6.07) is 11.6. The monoisotopic (exact) mass is 337 g/mol. The van der Waals surface area contributed by atoms with Crippen LogP contribution >= 0.6 is 0 Å². The average Bonchev–Trinajstić information content (AvgIpc) is 3.02. The second-order valence-corrected chi connectivity index (χ2v) is 5.93. The van der Waals surface area contributed by atoms with E-state index in [-0.39, 0.29) is 0 Å². The van der Waals surface area contributed by atoms with Crippen molar-refractivity contribution in [2.45, 2.75) is 20.4 Å². The molecule has 3 rings (SSSR count). The van der Waals surface area contributed by atoms with Crippen molar-refractivity contribution < 1.29 is 4.79 Å². The van der Waals surface area contributed by atoms with Crippen LogP contribution in [0, 0.1) is 6.07 Å². The standard InChI is InChI=1S/C19H21N4O2/c1-3-22(4-2)12-13-7-8-16-14(10-13)11-17(21-16)15-6-5-9-23(18(15)24)19(20)25/h6-11,21H,3-4,12H2,1-2H3,(H2,20,25). The molecular formula is C19H21N4O2. The molecule has 25 heavy (non-hydrogen) atoms. The summed E-state index contributed by atoms with van der Waals surface area (Å²) in [5.41, 5.74) is 7.93. The van der Waals surface area contributed by atoms with Crippen molar-refractivity contribution in [1.82, 2.24) is 14.5 Å². The highest BCUT2D eigenvalue weighted by Crippen LogP contribution is 2.23. The Morgan fingerprint density at radius 3 is 2.72 bits per heavy atom. The number of primary amides is 1. The zero-order chi connectivity index (χ0) is 18.0. The summed E-state index contributed by atoms with van der Waals surface area (Å²) in [6.07, 6.45) is 1.25. The molecule has 0 saturated heterocycles. The van der Waals surface area contributed by atoms with E-state index in [9.17, 15) is 9.59 Å². The quantitative estimate of drug-likeness (QED) is 0.750. The molecular weight excluding hydrogens is 316 g/mol. The van der Waals surface area contributed by atoms with E-state index in [0.717, 1.165) is 35.1 Å². The first kappa shape index (κ1) is 17.0. The van der Waals surface area contributed by atoms with Crippen molar-refractivity contribution >= 4 is 16.9 Å². The van der Waals surface area contributed by atoms with E-state index in [2.05, 4.69) is 41.9 Å². The fourth-order valence-corrected chi connectivity index (χ4v) is 2.93. The van der Waals surface area contributed by atoms with Gasteiger partial charge in [-0.1, -0.05) is 19.9 Å². The molecule has 2 heterocycles. The van der Waals surface area contributed by atoms with Gasteiger partial charge in [-0.05, 0) is 42.9 Å². The number of nitrogens with two attached hydrogens (primary N) is 1. The number of hydrogen-bond acceptors (Lipinski definition) is 3. The molecule has 0 fully saturated rings. The minimum absolute atomic E-state index is 0.364. The van der Waals surface area contributed by atoms with Crippen LogP contribution in [0.1, 0.15) is 19.4 Å². The van der Waals surface area contributed by atoms with Crippen LogP contribution < -0.4 is 11.3 Å². The largest absolute Gasteiger partial charge is 0.354 e. The molecule has 0 saturated carbocycles. The summed E-state index contributed by atoms with van der Waals surface area (Å²) in [5, 5.41) is 1.02. The molecule has 0 aliphatic heterocycles. The van der Waals surface area contributed by atoms with Gasteiger partial charge in [0.25, 0.3) is 5.56 Å². The third-order valence-corrected chi connectivity index (χ3v) is 4.39. The van der Waals surface area contributed by atoms with E-state index in [1.807, 2.05) is 12.1 Å². The number of aromatic nitrogens is 2. The topological polar surface area (TPSA) is 84.1 Å². The van der Waals surface area contributed by atoms with Gasteiger partial charge >= 0.3 is 6.03 Å². The molecule has 3 N–H and O–H groups in total. The van der Waals surface area contributed by atoms with Crippen molar-refractivity contribution in [3.8, 4) is 11.3 Å². The Bertz CT molecular complexity index is 967. The number of H-pyrrole nitrogens is 1. The van der Waals surface area contributed by atoms with Crippen molar-refractivity contribution in [2.75, 3.05) is 13.1 Å². The maximum Gasteiger partial charge on any atom is 0.325 e. The molecule has 6 heteroatoms. The zero-order valence-corrected chi connectivity index (χ0v) is 14.4. The van der Waals surface area contributed by atoms with Crippen LogP contribution in [0.3, 0.4) is 0 Å². The molecule has 2 aromatic heterocycles. The first-order valence-corrected chi connectivity index (χ1v) is 8.30. The van der Waals surface area contributed by atoms with E-state index in [1.54, 1.807) is 6.07 Å². The Morgan fingerprint density at radius 1 is 1.28 bits per heavy atom. The van der Waals surface area contributed by atoms with Gasteiger partial charge in [-0.15, -0.1) is 0 Å². The van der Waals surface area contributed by atoms with E-state index >= 15 is 0 Å². The van der Waals surface area contributed by atoms with Crippen LogP contribution in [0.15, 0.2) is 41.3 Å². The minimum Gasteiger partial charge on any atom is -0.354 e. The number of pyridine rings is 1. The van der Waals surface area contributed by atoms with Gasteiger partial charge in [-0.2, -0.15) is 0 Å². The number of carbonyl (C=O) groups is 1. The predicted octanol–water partition coefficient (Wildman–Crippen LogP) is 2.57. The lowest BCUT2D eigenvalue weighted by Gasteiger charge is -2.17. The smallest absolute Gasteiger partial charge is 0.325 e. The molecule has 1 aromatic carbocycles. The number of nitrogens with zero attached hydrogens (tertiary/aromatic N) is 2. The Hall–Kier alpha value is -2.86. The van der Waals surface area contributed by atoms with E-state index in [4.69, 9.17) is 5.73 Å². The van der Waals surface area contributed by atoms with Crippen LogP contribution in [0.4, 0.5) is 4.79 Å². The maximum absolute atomic E-state index is 12.4. The molecule has 0 unspecified atom stereocenters. The molecule has 1 amide bonds. The first-order valence-electron chi connectivity index (χ1n) is 8.30. The lowest BCUT2D eigenvalue weighted by atomic mass is 10.1. The highest BCUT2D eigenvalue weighted by atomic mass is 16.2. The summed E-state index contributed by atoms with van der Waals surface area (Å²) in [4.78, 5) is 29.3. The number of rotatable bonds is 5. The van der Waals surface area contributed by atoms with Crippen LogP contribution in [0.5, 0.6) is 0 Å². The second kappa shape index (κ2) is 6.94. The number of benzene rings is 1. The predicted molar refractivity (Wildman–Crippen MR) is 98.4 cm³/mol. The molecule has 1 radical (unpaired) electrons. The summed E-state index contributed by atoms with van der Waals surface area (Å²) >= 11 is 0. The van der Waals surface area contributed by atoms with Crippen LogP contribution in [0.25, 0.3) is 22.2 Å². The summed E-state index contributed by atoms with van der Waals surface area (Å²) in [6.45, 7) is 7.17. The van der Waals surface area contributed by atoms with Gasteiger partial charge in [0, 0.05) is 29.7 Å². The lowest BCUT2D eigenvalue weighted by Crippen LogP contribution is -2.31. The lowest BCUT2D eigenvalue weighted by molar-refractivity contribution is 0.249. The van der Waals surface area contributed by atoms with Crippen molar-refractivity contribution in [3.05, 3.63) is 58.5 Å².